The normalized spacial score (nSPS) is 18.7. The highest BCUT2D eigenvalue weighted by Gasteiger charge is 2.35. The quantitative estimate of drug-likeness (QED) is 0.573. The van der Waals surface area contributed by atoms with Gasteiger partial charge in [0.05, 0.1) is 17.1 Å². The van der Waals surface area contributed by atoms with Crippen LogP contribution in [0.1, 0.15) is 30.6 Å². The molecule has 2 rings (SSSR count). The van der Waals surface area contributed by atoms with Crippen LogP contribution in [0.15, 0.2) is 18.2 Å². The summed E-state index contributed by atoms with van der Waals surface area (Å²) in [5, 5.41) is 0.329. The second-order valence-electron chi connectivity index (χ2n) is 6.80. The topological polar surface area (TPSA) is 107 Å². The summed E-state index contributed by atoms with van der Waals surface area (Å²) in [5.74, 6) is -1.00. The summed E-state index contributed by atoms with van der Waals surface area (Å²) >= 11 is 5.85. The summed E-state index contributed by atoms with van der Waals surface area (Å²) < 4.78 is 28.5. The van der Waals surface area contributed by atoms with Crippen LogP contribution in [-0.2, 0) is 19.4 Å². The Morgan fingerprint density at radius 3 is 2.65 bits per heavy atom. The fraction of sp³-hybridized carbons (Fsp3) is 0.529. The van der Waals surface area contributed by atoms with E-state index in [4.69, 9.17) is 22.1 Å². The molecule has 144 valence electrons. The van der Waals surface area contributed by atoms with Crippen molar-refractivity contribution in [2.45, 2.75) is 26.3 Å². The lowest BCUT2D eigenvalue weighted by atomic mass is 10.1. The maximum Gasteiger partial charge on any atom is 0.340 e. The zero-order valence-electron chi connectivity index (χ0n) is 14.8. The van der Waals surface area contributed by atoms with Gasteiger partial charge in [0.2, 0.25) is 0 Å². The summed E-state index contributed by atoms with van der Waals surface area (Å²) in [5.41, 5.74) is 6.02. The predicted molar refractivity (Wildman–Crippen MR) is 99.8 cm³/mol. The van der Waals surface area contributed by atoms with Crippen molar-refractivity contribution >= 4 is 39.0 Å². The van der Waals surface area contributed by atoms with Gasteiger partial charge < -0.3 is 15.4 Å². The molecule has 0 aliphatic carbocycles. The first-order valence-corrected chi connectivity index (χ1v) is 10.5. The molecule has 0 saturated carbocycles. The maximum atomic E-state index is 12.6. The fourth-order valence-electron chi connectivity index (χ4n) is 2.86. The second kappa shape index (κ2) is 8.26. The molecule has 1 aliphatic rings. The van der Waals surface area contributed by atoms with Crippen molar-refractivity contribution < 1.29 is 22.7 Å². The van der Waals surface area contributed by atoms with Gasteiger partial charge in [-0.1, -0.05) is 25.4 Å². The smallest absolute Gasteiger partial charge is 0.340 e. The van der Waals surface area contributed by atoms with Gasteiger partial charge in [-0.25, -0.2) is 13.2 Å². The number of anilines is 1. The number of rotatable bonds is 6. The van der Waals surface area contributed by atoms with Crippen molar-refractivity contribution in [3.05, 3.63) is 28.8 Å². The van der Waals surface area contributed by atoms with Gasteiger partial charge in [0.15, 0.2) is 16.4 Å². The molecule has 1 atom stereocenters. The highest BCUT2D eigenvalue weighted by Crippen LogP contribution is 2.21. The Morgan fingerprint density at radius 1 is 1.38 bits per heavy atom. The van der Waals surface area contributed by atoms with E-state index in [9.17, 15) is 18.0 Å². The van der Waals surface area contributed by atoms with Crippen molar-refractivity contribution in [1.29, 1.82) is 0 Å². The number of benzene rings is 1. The number of hydrogen-bond donors (Lipinski definition) is 1. The highest BCUT2D eigenvalue weighted by atomic mass is 35.5. The SMILES string of the molecule is CC(C)CN(C(=O)COC(=O)c1cc(Cl)ccc1N)[C@@H]1CCS(=O)(=O)C1. The summed E-state index contributed by atoms with van der Waals surface area (Å²) in [7, 11) is -3.13. The van der Waals surface area contributed by atoms with E-state index in [1.807, 2.05) is 13.8 Å². The number of halogens is 1. The van der Waals surface area contributed by atoms with Crippen molar-refractivity contribution in [2.75, 3.05) is 30.4 Å². The molecule has 2 N–H and O–H groups in total. The standard InChI is InChI=1S/C17H23ClN2O5S/c1-11(2)8-20(13-5-6-26(23,24)10-13)16(21)9-25-17(22)14-7-12(18)3-4-15(14)19/h3-4,7,11,13H,5-6,8-10,19H2,1-2H3/t13-/m1/s1. The van der Waals surface area contributed by atoms with Gasteiger partial charge in [-0.15, -0.1) is 0 Å². The summed E-state index contributed by atoms with van der Waals surface area (Å²) in [6.45, 7) is 3.79. The molecule has 1 fully saturated rings. The third-order valence-corrected chi connectivity index (χ3v) is 6.08. The first-order valence-electron chi connectivity index (χ1n) is 8.31. The number of carbonyl (C=O) groups excluding carboxylic acids is 2. The van der Waals surface area contributed by atoms with Gasteiger partial charge in [0.25, 0.3) is 5.91 Å². The largest absolute Gasteiger partial charge is 0.452 e. The number of esters is 1. The maximum absolute atomic E-state index is 12.6. The van der Waals surface area contributed by atoms with Crippen LogP contribution in [-0.4, -0.2) is 55.9 Å². The molecule has 0 bridgehead atoms. The molecule has 9 heteroatoms. The van der Waals surface area contributed by atoms with Crippen LogP contribution >= 0.6 is 11.6 Å². The molecule has 1 amide bonds. The Hall–Kier alpha value is -1.80. The molecule has 0 spiro atoms. The Balaban J connectivity index is 2.05. The van der Waals surface area contributed by atoms with E-state index < -0.39 is 28.3 Å². The average Bonchev–Trinajstić information content (AvgIpc) is 2.91. The van der Waals surface area contributed by atoms with Crippen molar-refractivity contribution in [1.82, 2.24) is 4.90 Å². The number of amides is 1. The van der Waals surface area contributed by atoms with Crippen LogP contribution in [0.3, 0.4) is 0 Å². The van der Waals surface area contributed by atoms with E-state index in [1.165, 1.54) is 17.0 Å². The number of nitrogens with two attached hydrogens (primary N) is 1. The van der Waals surface area contributed by atoms with Gasteiger partial charge in [-0.05, 0) is 30.5 Å². The monoisotopic (exact) mass is 402 g/mol. The number of nitrogen functional groups attached to an aromatic ring is 1. The lowest BCUT2D eigenvalue weighted by Gasteiger charge is -2.29. The van der Waals surface area contributed by atoms with Crippen molar-refractivity contribution in [2.24, 2.45) is 5.92 Å². The van der Waals surface area contributed by atoms with Crippen LogP contribution in [0, 0.1) is 5.92 Å². The lowest BCUT2D eigenvalue weighted by molar-refractivity contribution is -0.137. The molecule has 0 aromatic heterocycles. The second-order valence-corrected chi connectivity index (χ2v) is 9.47. The number of ether oxygens (including phenoxy) is 1. The van der Waals surface area contributed by atoms with Gasteiger partial charge in [0.1, 0.15) is 0 Å². The zero-order valence-corrected chi connectivity index (χ0v) is 16.3. The van der Waals surface area contributed by atoms with Crippen LogP contribution < -0.4 is 5.73 Å². The first-order chi connectivity index (χ1) is 12.1. The highest BCUT2D eigenvalue weighted by molar-refractivity contribution is 7.91. The minimum Gasteiger partial charge on any atom is -0.452 e. The van der Waals surface area contributed by atoms with Crippen LogP contribution in [0.5, 0.6) is 0 Å². The number of sulfone groups is 1. The zero-order chi connectivity index (χ0) is 19.5. The summed E-state index contributed by atoms with van der Waals surface area (Å²) in [6, 6.07) is 4.02. The van der Waals surface area contributed by atoms with Gasteiger partial charge >= 0.3 is 5.97 Å². The minimum atomic E-state index is -3.13. The van der Waals surface area contributed by atoms with E-state index in [-0.39, 0.29) is 34.7 Å². The first kappa shape index (κ1) is 20.5. The Kier molecular flexibility index (Phi) is 6.52. The summed E-state index contributed by atoms with van der Waals surface area (Å²) in [6.07, 6.45) is 0.399. The van der Waals surface area contributed by atoms with Crippen LogP contribution in [0.4, 0.5) is 5.69 Å². The van der Waals surface area contributed by atoms with E-state index in [1.54, 1.807) is 6.07 Å². The van der Waals surface area contributed by atoms with Crippen molar-refractivity contribution in [3.8, 4) is 0 Å². The number of hydrogen-bond acceptors (Lipinski definition) is 6. The third kappa shape index (κ3) is 5.35. The van der Waals surface area contributed by atoms with Crippen molar-refractivity contribution in [3.63, 3.8) is 0 Å². The molecule has 1 aromatic rings. The van der Waals surface area contributed by atoms with E-state index in [0.29, 0.717) is 18.0 Å². The molecule has 26 heavy (non-hydrogen) atoms. The van der Waals surface area contributed by atoms with Gasteiger partial charge in [0, 0.05) is 23.3 Å². The van der Waals surface area contributed by atoms with Gasteiger partial charge in [-0.2, -0.15) is 0 Å². The minimum absolute atomic E-state index is 0.0549. The predicted octanol–water partition coefficient (Wildman–Crippen LogP) is 1.75. The van der Waals surface area contributed by atoms with Crippen LogP contribution in [0.25, 0.3) is 0 Å². The molecule has 0 radical (unpaired) electrons. The lowest BCUT2D eigenvalue weighted by Crippen LogP contribution is -2.45. The molecule has 1 heterocycles. The average molecular weight is 403 g/mol. The molecule has 0 unspecified atom stereocenters. The Morgan fingerprint density at radius 2 is 2.08 bits per heavy atom. The Bertz CT molecular complexity index is 794. The van der Waals surface area contributed by atoms with Gasteiger partial charge in [-0.3, -0.25) is 4.79 Å². The fourth-order valence-corrected chi connectivity index (χ4v) is 4.77. The molecular weight excluding hydrogens is 380 g/mol. The Labute approximate surface area is 158 Å². The molecule has 1 aliphatic heterocycles. The van der Waals surface area contributed by atoms with E-state index >= 15 is 0 Å². The molecular formula is C17H23ClN2O5S. The van der Waals surface area contributed by atoms with E-state index in [2.05, 4.69) is 0 Å². The number of carbonyl (C=O) groups is 2. The molecule has 1 aromatic carbocycles. The van der Waals surface area contributed by atoms with E-state index in [0.717, 1.165) is 0 Å². The van der Waals surface area contributed by atoms with Crippen LogP contribution in [0.2, 0.25) is 5.02 Å². The summed E-state index contributed by atoms with van der Waals surface area (Å²) in [4.78, 5) is 26.2. The molecule has 1 saturated heterocycles. The molecule has 7 nitrogen and oxygen atoms in total. The third-order valence-electron chi connectivity index (χ3n) is 4.09. The number of nitrogens with zero attached hydrogens (tertiary/aromatic N) is 1.